The van der Waals surface area contributed by atoms with Gasteiger partial charge >= 0.3 is 6.09 Å². The second kappa shape index (κ2) is 6.71. The Balaban J connectivity index is 2.45. The van der Waals surface area contributed by atoms with Crippen LogP contribution in [0, 0.1) is 0 Å². The number of alkyl carbamates (subject to hydrolysis) is 1. The lowest BCUT2D eigenvalue weighted by atomic mass is 10.0. The van der Waals surface area contributed by atoms with Crippen LogP contribution in [-0.4, -0.2) is 61.9 Å². The number of nitrogens with one attached hydrogen (secondary N) is 2. The molecule has 0 aliphatic carbocycles. The molecule has 0 spiro atoms. The molecule has 0 radical (unpaired) electrons. The van der Waals surface area contributed by atoms with Gasteiger partial charge in [0.1, 0.15) is 11.6 Å². The highest BCUT2D eigenvalue weighted by molar-refractivity contribution is 7.89. The minimum Gasteiger partial charge on any atom is -0.444 e. The first-order chi connectivity index (χ1) is 10.3. The van der Waals surface area contributed by atoms with Crippen LogP contribution in [0.1, 0.15) is 27.7 Å². The lowest BCUT2D eigenvalue weighted by Gasteiger charge is -2.43. The fourth-order valence-electron chi connectivity index (χ4n) is 1.76. The number of ether oxygens (including phenoxy) is 1. The van der Waals surface area contributed by atoms with E-state index in [0.29, 0.717) is 0 Å². The number of carbonyl (C=O) groups excluding carboxylic acids is 3. The van der Waals surface area contributed by atoms with Crippen LogP contribution in [0.25, 0.3) is 0 Å². The van der Waals surface area contributed by atoms with E-state index in [1.165, 1.54) is 0 Å². The molecule has 0 aromatic carbocycles. The Kier molecular flexibility index (Phi) is 5.59. The second-order valence-corrected chi connectivity index (χ2v) is 7.85. The molecule has 1 aliphatic heterocycles. The van der Waals surface area contributed by atoms with Crippen LogP contribution in [0.15, 0.2) is 0 Å². The molecule has 132 valence electrons. The van der Waals surface area contributed by atoms with Crippen LogP contribution >= 0.6 is 0 Å². The van der Waals surface area contributed by atoms with E-state index in [1.807, 2.05) is 0 Å². The third-order valence-electron chi connectivity index (χ3n) is 2.64. The molecule has 23 heavy (non-hydrogen) atoms. The number of hydroxylamine groups is 2. The van der Waals surface area contributed by atoms with Crippen molar-refractivity contribution in [3.8, 4) is 0 Å². The summed E-state index contributed by atoms with van der Waals surface area (Å²) in [4.78, 5) is 39.7. The zero-order valence-electron chi connectivity index (χ0n) is 13.6. The maximum Gasteiger partial charge on any atom is 0.408 e. The molecule has 0 aromatic rings. The molecule has 10 nitrogen and oxygen atoms in total. The monoisotopic (exact) mass is 351 g/mol. The van der Waals surface area contributed by atoms with Crippen molar-refractivity contribution < 1.29 is 32.4 Å². The van der Waals surface area contributed by atoms with Crippen molar-refractivity contribution in [1.82, 2.24) is 15.1 Å². The van der Waals surface area contributed by atoms with Crippen molar-refractivity contribution in [3.63, 3.8) is 0 Å². The largest absolute Gasteiger partial charge is 0.444 e. The molecule has 0 aromatic heterocycles. The van der Waals surface area contributed by atoms with Crippen LogP contribution in [0.5, 0.6) is 0 Å². The summed E-state index contributed by atoms with van der Waals surface area (Å²) in [5, 5.41) is 3.29. The highest BCUT2D eigenvalue weighted by Crippen LogP contribution is 2.20. The Labute approximate surface area is 134 Å². The van der Waals surface area contributed by atoms with Crippen LogP contribution < -0.4 is 10.0 Å². The molecule has 0 saturated carbocycles. The summed E-state index contributed by atoms with van der Waals surface area (Å²) in [6, 6.07) is -1.36. The van der Waals surface area contributed by atoms with E-state index in [-0.39, 0.29) is 0 Å². The molecule has 1 aliphatic rings. The minimum absolute atomic E-state index is 0.527. The van der Waals surface area contributed by atoms with Gasteiger partial charge in [0, 0.05) is 0 Å². The van der Waals surface area contributed by atoms with Crippen molar-refractivity contribution in [2.24, 2.45) is 0 Å². The quantitative estimate of drug-likeness (QED) is 0.615. The number of amides is 3. The summed E-state index contributed by atoms with van der Waals surface area (Å²) in [5.74, 6) is -1.47. The number of β-lactam (4-membered cyclic amide) rings is 1. The number of nitrogens with zero attached hydrogens (tertiary/aromatic N) is 1. The Morgan fingerprint density at radius 2 is 1.87 bits per heavy atom. The first-order valence-corrected chi connectivity index (χ1v) is 8.65. The van der Waals surface area contributed by atoms with Gasteiger partial charge in [-0.1, -0.05) is 0 Å². The van der Waals surface area contributed by atoms with E-state index < -0.39 is 52.2 Å². The first kappa shape index (κ1) is 19.2. The van der Waals surface area contributed by atoms with E-state index in [0.717, 1.165) is 11.3 Å². The van der Waals surface area contributed by atoms with Crippen molar-refractivity contribution in [1.29, 1.82) is 0 Å². The Hall–Kier alpha value is -1.88. The smallest absolute Gasteiger partial charge is 0.408 e. The van der Waals surface area contributed by atoms with Gasteiger partial charge in [-0.25, -0.2) is 18.3 Å². The fourth-order valence-corrected chi connectivity index (χ4v) is 2.23. The molecule has 2 atom stereocenters. The van der Waals surface area contributed by atoms with Crippen LogP contribution in [-0.2, 0) is 29.2 Å². The highest BCUT2D eigenvalue weighted by Gasteiger charge is 2.47. The lowest BCUT2D eigenvalue weighted by molar-refractivity contribution is -0.230. The third kappa shape index (κ3) is 6.02. The van der Waals surface area contributed by atoms with Crippen molar-refractivity contribution >= 4 is 27.9 Å². The predicted molar refractivity (Wildman–Crippen MR) is 78.4 cm³/mol. The predicted octanol–water partition coefficient (Wildman–Crippen LogP) is -0.882. The Morgan fingerprint density at radius 1 is 1.30 bits per heavy atom. The van der Waals surface area contributed by atoms with Gasteiger partial charge in [-0.05, 0) is 27.7 Å². The number of carbonyl (C=O) groups is 3. The van der Waals surface area contributed by atoms with Crippen LogP contribution in [0.2, 0.25) is 0 Å². The first-order valence-electron chi connectivity index (χ1n) is 6.76. The minimum atomic E-state index is -3.69. The van der Waals surface area contributed by atoms with E-state index in [9.17, 15) is 22.8 Å². The molecule has 1 rings (SSSR count). The zero-order chi connectivity index (χ0) is 18.0. The molecule has 0 bridgehead atoms. The molecule has 1 saturated heterocycles. The molecule has 11 heteroatoms. The highest BCUT2D eigenvalue weighted by atomic mass is 32.2. The van der Waals surface area contributed by atoms with Gasteiger partial charge < -0.3 is 10.1 Å². The van der Waals surface area contributed by atoms with Crippen LogP contribution in [0.4, 0.5) is 4.79 Å². The molecular formula is C12H21N3O7S. The molecule has 3 amide bonds. The average molecular weight is 351 g/mol. The van der Waals surface area contributed by atoms with E-state index in [4.69, 9.17) is 9.57 Å². The molecule has 2 N–H and O–H groups in total. The van der Waals surface area contributed by atoms with Gasteiger partial charge in [0.15, 0.2) is 6.61 Å². The molecule has 1 fully saturated rings. The SMILES string of the molecule is C[C@H]1[C@H](NC(=O)OC(C)(C)C)C(=O)N1OCC(=O)NS(C)(=O)=O. The fraction of sp³-hybridized carbons (Fsp3) is 0.750. The zero-order valence-corrected chi connectivity index (χ0v) is 14.4. The Bertz CT molecular complexity index is 596. The van der Waals surface area contributed by atoms with Gasteiger partial charge in [0.2, 0.25) is 10.0 Å². The summed E-state index contributed by atoms with van der Waals surface area (Å²) >= 11 is 0. The summed E-state index contributed by atoms with van der Waals surface area (Å²) < 4.78 is 28.5. The number of sulfonamides is 1. The van der Waals surface area contributed by atoms with E-state index >= 15 is 0 Å². The van der Waals surface area contributed by atoms with Gasteiger partial charge in [0.25, 0.3) is 11.8 Å². The summed E-state index contributed by atoms with van der Waals surface area (Å²) in [6.45, 7) is 6.03. The van der Waals surface area contributed by atoms with Crippen LogP contribution in [0.3, 0.4) is 0 Å². The molecular weight excluding hydrogens is 330 g/mol. The average Bonchev–Trinajstić information content (AvgIpc) is 2.31. The van der Waals surface area contributed by atoms with Crippen molar-refractivity contribution in [2.75, 3.05) is 12.9 Å². The van der Waals surface area contributed by atoms with Crippen molar-refractivity contribution in [3.05, 3.63) is 0 Å². The second-order valence-electron chi connectivity index (χ2n) is 6.10. The number of hydrogen-bond acceptors (Lipinski definition) is 7. The number of rotatable bonds is 5. The summed E-state index contributed by atoms with van der Waals surface area (Å²) in [6.07, 6.45) is 0.0838. The van der Waals surface area contributed by atoms with Gasteiger partial charge in [-0.2, -0.15) is 0 Å². The third-order valence-corrected chi connectivity index (χ3v) is 3.24. The maximum absolute atomic E-state index is 11.9. The molecule has 1 heterocycles. The van der Waals surface area contributed by atoms with Gasteiger partial charge in [-0.3, -0.25) is 19.1 Å². The summed E-state index contributed by atoms with van der Waals surface area (Å²) in [7, 11) is -3.69. The normalized spacial score (nSPS) is 21.4. The summed E-state index contributed by atoms with van der Waals surface area (Å²) in [5.41, 5.74) is -0.694. The van der Waals surface area contributed by atoms with Gasteiger partial charge in [-0.15, -0.1) is 0 Å². The standard InChI is InChI=1S/C12H21N3O7S/c1-7-9(13-11(18)22-12(2,3)4)10(17)15(7)21-6-8(16)14-23(5,19)20/h7,9H,6H2,1-5H3,(H,13,18)(H,14,16)/t7-,9-/m0/s1. The molecule has 0 unspecified atom stereocenters. The lowest BCUT2D eigenvalue weighted by Crippen LogP contribution is -2.69. The topological polar surface area (TPSA) is 131 Å². The Morgan fingerprint density at radius 3 is 2.30 bits per heavy atom. The van der Waals surface area contributed by atoms with E-state index in [2.05, 4.69) is 5.32 Å². The maximum atomic E-state index is 11.9. The van der Waals surface area contributed by atoms with Crippen molar-refractivity contribution in [2.45, 2.75) is 45.4 Å². The number of hydrogen-bond donors (Lipinski definition) is 2. The van der Waals surface area contributed by atoms with Gasteiger partial charge in [0.05, 0.1) is 12.3 Å². The van der Waals surface area contributed by atoms with E-state index in [1.54, 1.807) is 32.4 Å².